The molecule has 0 saturated carbocycles. The van der Waals surface area contributed by atoms with Gasteiger partial charge in [0.15, 0.2) is 5.16 Å². The van der Waals surface area contributed by atoms with Gasteiger partial charge in [-0.3, -0.25) is 0 Å². The molecule has 2 rings (SSSR count). The first-order valence-electron chi connectivity index (χ1n) is 4.71. The number of halogens is 1. The Hall–Kier alpha value is -1.04. The molecule has 1 heterocycles. The molecule has 0 amide bonds. The lowest BCUT2D eigenvalue weighted by Crippen LogP contribution is -1.99. The molecule has 0 bridgehead atoms. The Morgan fingerprint density at radius 2 is 2.31 bits per heavy atom. The van der Waals surface area contributed by atoms with Crippen LogP contribution in [0.2, 0.25) is 5.02 Å². The Morgan fingerprint density at radius 1 is 1.50 bits per heavy atom. The Bertz CT molecular complexity index is 497. The van der Waals surface area contributed by atoms with Crippen molar-refractivity contribution < 1.29 is 0 Å². The SMILES string of the molecule is Cn1cnnc1Sc1c(Cl)cccc1CN. The van der Waals surface area contributed by atoms with Gasteiger partial charge in [-0.25, -0.2) is 0 Å². The van der Waals surface area contributed by atoms with Crippen molar-refractivity contribution >= 4 is 23.4 Å². The highest BCUT2D eigenvalue weighted by molar-refractivity contribution is 7.99. The monoisotopic (exact) mass is 254 g/mol. The second-order valence-corrected chi connectivity index (χ2v) is 4.64. The van der Waals surface area contributed by atoms with Crippen molar-refractivity contribution in [2.75, 3.05) is 0 Å². The van der Waals surface area contributed by atoms with E-state index in [0.717, 1.165) is 15.6 Å². The lowest BCUT2D eigenvalue weighted by molar-refractivity contribution is 0.788. The molecule has 2 aromatic rings. The molecule has 84 valence electrons. The summed E-state index contributed by atoms with van der Waals surface area (Å²) in [7, 11) is 1.89. The lowest BCUT2D eigenvalue weighted by Gasteiger charge is -2.08. The van der Waals surface area contributed by atoms with Crippen molar-refractivity contribution in [2.45, 2.75) is 16.6 Å². The maximum absolute atomic E-state index is 6.14. The number of rotatable bonds is 3. The molecule has 1 aromatic heterocycles. The zero-order chi connectivity index (χ0) is 11.5. The number of aromatic nitrogens is 3. The number of hydrogen-bond acceptors (Lipinski definition) is 4. The first-order chi connectivity index (χ1) is 7.72. The Kier molecular flexibility index (Phi) is 3.48. The number of nitrogens with two attached hydrogens (primary N) is 1. The minimum atomic E-state index is 0.459. The van der Waals surface area contributed by atoms with Crippen molar-refractivity contribution in [1.82, 2.24) is 14.8 Å². The molecule has 0 aliphatic heterocycles. The smallest absolute Gasteiger partial charge is 0.195 e. The van der Waals surface area contributed by atoms with Crippen LogP contribution in [0.3, 0.4) is 0 Å². The van der Waals surface area contributed by atoms with Crippen LogP contribution in [-0.4, -0.2) is 14.8 Å². The predicted octanol–water partition coefficient (Wildman–Crippen LogP) is 2.08. The third-order valence-electron chi connectivity index (χ3n) is 2.13. The molecule has 0 radical (unpaired) electrons. The van der Waals surface area contributed by atoms with Crippen LogP contribution in [0.1, 0.15) is 5.56 Å². The van der Waals surface area contributed by atoms with Gasteiger partial charge in [-0.2, -0.15) is 0 Å². The average molecular weight is 255 g/mol. The van der Waals surface area contributed by atoms with E-state index in [-0.39, 0.29) is 0 Å². The highest BCUT2D eigenvalue weighted by atomic mass is 35.5. The van der Waals surface area contributed by atoms with Crippen LogP contribution in [0.15, 0.2) is 34.6 Å². The molecule has 0 saturated heterocycles. The molecule has 0 spiro atoms. The van der Waals surface area contributed by atoms with Gasteiger partial charge in [0.1, 0.15) is 6.33 Å². The van der Waals surface area contributed by atoms with Gasteiger partial charge in [0.2, 0.25) is 0 Å². The van der Waals surface area contributed by atoms with Crippen LogP contribution in [0.25, 0.3) is 0 Å². The van der Waals surface area contributed by atoms with Gasteiger partial charge in [-0.05, 0) is 23.4 Å². The van der Waals surface area contributed by atoms with Crippen molar-refractivity contribution in [3.05, 3.63) is 35.1 Å². The first-order valence-corrected chi connectivity index (χ1v) is 5.91. The Balaban J connectivity index is 2.37. The largest absolute Gasteiger partial charge is 0.326 e. The summed E-state index contributed by atoms with van der Waals surface area (Å²) >= 11 is 7.62. The number of hydrogen-bond donors (Lipinski definition) is 1. The van der Waals surface area contributed by atoms with E-state index >= 15 is 0 Å². The maximum Gasteiger partial charge on any atom is 0.195 e. The minimum absolute atomic E-state index is 0.459. The summed E-state index contributed by atoms with van der Waals surface area (Å²) in [6.07, 6.45) is 1.65. The Labute approximate surface area is 103 Å². The number of nitrogens with zero attached hydrogens (tertiary/aromatic N) is 3. The maximum atomic E-state index is 6.14. The van der Waals surface area contributed by atoms with Gasteiger partial charge in [0.05, 0.1) is 5.02 Å². The second kappa shape index (κ2) is 4.86. The molecule has 0 unspecified atom stereocenters. The summed E-state index contributed by atoms with van der Waals surface area (Å²) in [5.74, 6) is 0. The second-order valence-electron chi connectivity index (χ2n) is 3.26. The zero-order valence-corrected chi connectivity index (χ0v) is 10.3. The quantitative estimate of drug-likeness (QED) is 0.911. The topological polar surface area (TPSA) is 56.7 Å². The molecule has 0 aliphatic rings. The van der Waals surface area contributed by atoms with E-state index in [0.29, 0.717) is 11.6 Å². The third-order valence-corrected chi connectivity index (χ3v) is 3.80. The molecular weight excluding hydrogens is 244 g/mol. The fourth-order valence-electron chi connectivity index (χ4n) is 1.28. The van der Waals surface area contributed by atoms with Gasteiger partial charge in [0, 0.05) is 18.5 Å². The summed E-state index contributed by atoms with van der Waals surface area (Å²) in [5, 5.41) is 9.31. The molecule has 0 aliphatic carbocycles. The van der Waals surface area contributed by atoms with Crippen molar-refractivity contribution in [3.8, 4) is 0 Å². The normalized spacial score (nSPS) is 10.7. The van der Waals surface area contributed by atoms with Crippen LogP contribution in [0.5, 0.6) is 0 Å². The van der Waals surface area contributed by atoms with E-state index in [1.54, 1.807) is 6.33 Å². The van der Waals surface area contributed by atoms with Crippen LogP contribution >= 0.6 is 23.4 Å². The molecule has 1 aromatic carbocycles. The molecular formula is C10H11ClN4S. The minimum Gasteiger partial charge on any atom is -0.326 e. The fraction of sp³-hybridized carbons (Fsp3) is 0.200. The molecule has 16 heavy (non-hydrogen) atoms. The highest BCUT2D eigenvalue weighted by Gasteiger charge is 2.10. The zero-order valence-electron chi connectivity index (χ0n) is 8.72. The molecule has 0 atom stereocenters. The Morgan fingerprint density at radius 3 is 2.94 bits per heavy atom. The summed E-state index contributed by atoms with van der Waals surface area (Å²) in [5.41, 5.74) is 6.69. The molecule has 0 fully saturated rings. The van der Waals surface area contributed by atoms with E-state index < -0.39 is 0 Å². The van der Waals surface area contributed by atoms with E-state index in [1.165, 1.54) is 11.8 Å². The summed E-state index contributed by atoms with van der Waals surface area (Å²) in [4.78, 5) is 0.947. The predicted molar refractivity (Wildman–Crippen MR) is 64.5 cm³/mol. The van der Waals surface area contributed by atoms with E-state index in [9.17, 15) is 0 Å². The van der Waals surface area contributed by atoms with Crippen molar-refractivity contribution in [1.29, 1.82) is 0 Å². The molecule has 4 nitrogen and oxygen atoms in total. The van der Waals surface area contributed by atoms with Crippen molar-refractivity contribution in [2.24, 2.45) is 12.8 Å². The van der Waals surface area contributed by atoms with Crippen LogP contribution < -0.4 is 5.73 Å². The van der Waals surface area contributed by atoms with Gasteiger partial charge in [-0.15, -0.1) is 10.2 Å². The summed E-state index contributed by atoms with van der Waals surface area (Å²) < 4.78 is 1.84. The van der Waals surface area contributed by atoms with E-state index in [1.807, 2.05) is 29.8 Å². The number of benzene rings is 1. The first kappa shape index (κ1) is 11.4. The lowest BCUT2D eigenvalue weighted by atomic mass is 10.2. The van der Waals surface area contributed by atoms with Crippen LogP contribution in [0, 0.1) is 0 Å². The van der Waals surface area contributed by atoms with Crippen LogP contribution in [0.4, 0.5) is 0 Å². The highest BCUT2D eigenvalue weighted by Crippen LogP contribution is 2.34. The van der Waals surface area contributed by atoms with E-state index in [2.05, 4.69) is 10.2 Å². The van der Waals surface area contributed by atoms with Gasteiger partial charge in [-0.1, -0.05) is 23.7 Å². The third kappa shape index (κ3) is 2.21. The molecule has 2 N–H and O–H groups in total. The summed E-state index contributed by atoms with van der Waals surface area (Å²) in [6.45, 7) is 0.459. The molecule has 6 heteroatoms. The fourth-order valence-corrected chi connectivity index (χ4v) is 2.50. The van der Waals surface area contributed by atoms with Crippen LogP contribution in [-0.2, 0) is 13.6 Å². The van der Waals surface area contributed by atoms with Crippen molar-refractivity contribution in [3.63, 3.8) is 0 Å². The standard InChI is InChI=1S/C10H11ClN4S/c1-15-6-13-14-10(15)16-9-7(5-12)3-2-4-8(9)11/h2-4,6H,5,12H2,1H3. The van der Waals surface area contributed by atoms with Gasteiger partial charge < -0.3 is 10.3 Å². The summed E-state index contributed by atoms with van der Waals surface area (Å²) in [6, 6.07) is 5.70. The van der Waals surface area contributed by atoms with E-state index in [4.69, 9.17) is 17.3 Å². The van der Waals surface area contributed by atoms with Gasteiger partial charge in [0.25, 0.3) is 0 Å². The average Bonchev–Trinajstić information content (AvgIpc) is 2.67. The number of aryl methyl sites for hydroxylation is 1. The van der Waals surface area contributed by atoms with Gasteiger partial charge >= 0.3 is 0 Å².